The zero-order valence-corrected chi connectivity index (χ0v) is 13.0. The second-order valence-electron chi connectivity index (χ2n) is 4.27. The van der Waals surface area contributed by atoms with Crippen LogP contribution >= 0.6 is 27.3 Å². The van der Waals surface area contributed by atoms with Gasteiger partial charge in [0.1, 0.15) is 0 Å². The van der Waals surface area contributed by atoms with Crippen LogP contribution in [0, 0.1) is 24.0 Å². The smallest absolute Gasteiger partial charge is 0.324 e. The van der Waals surface area contributed by atoms with Gasteiger partial charge in [-0.05, 0) is 43.2 Å². The maximum absolute atomic E-state index is 10.6. The second-order valence-corrected chi connectivity index (χ2v) is 6.33. The van der Waals surface area contributed by atoms with Gasteiger partial charge in [0, 0.05) is 27.6 Å². The molecule has 1 N–H and O–H groups in total. The Hall–Kier alpha value is -1.40. The first kappa shape index (κ1) is 14.0. The number of halogens is 1. The summed E-state index contributed by atoms with van der Waals surface area (Å²) in [7, 11) is 0. The summed E-state index contributed by atoms with van der Waals surface area (Å²) >= 11 is 4.67. The van der Waals surface area contributed by atoms with Crippen LogP contribution < -0.4 is 5.32 Å². The molecule has 0 unspecified atom stereocenters. The number of hydrogen-bond donors (Lipinski definition) is 1. The lowest BCUT2D eigenvalue weighted by Crippen LogP contribution is -2.01. The number of benzene rings is 1. The van der Waals surface area contributed by atoms with Gasteiger partial charge in [0.2, 0.25) is 0 Å². The van der Waals surface area contributed by atoms with E-state index >= 15 is 0 Å². The van der Waals surface area contributed by atoms with Gasteiger partial charge in [-0.3, -0.25) is 10.1 Å². The summed E-state index contributed by atoms with van der Waals surface area (Å²) in [5.74, 6) is 0. The van der Waals surface area contributed by atoms with E-state index in [1.807, 2.05) is 26.0 Å². The molecule has 1 heterocycles. The first-order valence-corrected chi connectivity index (χ1v) is 7.32. The van der Waals surface area contributed by atoms with Gasteiger partial charge < -0.3 is 5.32 Å². The fourth-order valence-corrected chi connectivity index (χ4v) is 3.37. The molecule has 0 amide bonds. The lowest BCUT2D eigenvalue weighted by molar-refractivity contribution is -0.380. The minimum absolute atomic E-state index is 0.182. The Morgan fingerprint density at radius 1 is 1.32 bits per heavy atom. The van der Waals surface area contributed by atoms with Gasteiger partial charge in [0.05, 0.1) is 4.92 Å². The van der Waals surface area contributed by atoms with E-state index in [0.29, 0.717) is 6.54 Å². The Labute approximate surface area is 123 Å². The summed E-state index contributed by atoms with van der Waals surface area (Å²) in [5.41, 5.74) is 3.38. The minimum Gasteiger partial charge on any atom is -0.380 e. The van der Waals surface area contributed by atoms with Gasteiger partial charge in [-0.1, -0.05) is 27.3 Å². The van der Waals surface area contributed by atoms with Crippen molar-refractivity contribution in [3.8, 4) is 0 Å². The van der Waals surface area contributed by atoms with Crippen molar-refractivity contribution in [2.75, 3.05) is 5.32 Å². The van der Waals surface area contributed by atoms with E-state index in [-0.39, 0.29) is 9.92 Å². The molecule has 0 saturated carbocycles. The summed E-state index contributed by atoms with van der Waals surface area (Å²) in [4.78, 5) is 11.2. The lowest BCUT2D eigenvalue weighted by Gasteiger charge is -2.12. The molecular formula is C13H13BrN2O2S. The summed E-state index contributed by atoms with van der Waals surface area (Å²) < 4.78 is 1.06. The fraction of sp³-hybridized carbons (Fsp3) is 0.231. The average Bonchev–Trinajstić information content (AvgIpc) is 2.76. The quantitative estimate of drug-likeness (QED) is 0.651. The zero-order valence-electron chi connectivity index (χ0n) is 10.6. The van der Waals surface area contributed by atoms with Crippen LogP contribution in [-0.4, -0.2) is 4.92 Å². The second kappa shape index (κ2) is 5.71. The normalized spacial score (nSPS) is 10.5. The number of rotatable bonds is 4. The zero-order chi connectivity index (χ0) is 14.0. The summed E-state index contributed by atoms with van der Waals surface area (Å²) in [6.07, 6.45) is 0. The molecule has 2 rings (SSSR count). The number of nitro groups is 1. The maximum atomic E-state index is 10.6. The Balaban J connectivity index is 2.12. The van der Waals surface area contributed by atoms with Crippen molar-refractivity contribution in [3.05, 3.63) is 54.9 Å². The van der Waals surface area contributed by atoms with Crippen LogP contribution in [0.1, 0.15) is 16.0 Å². The predicted molar refractivity (Wildman–Crippen MR) is 81.9 cm³/mol. The Morgan fingerprint density at radius 3 is 2.47 bits per heavy atom. The van der Waals surface area contributed by atoms with Crippen LogP contribution in [0.2, 0.25) is 0 Å². The first-order chi connectivity index (χ1) is 8.97. The molecule has 6 heteroatoms. The monoisotopic (exact) mass is 340 g/mol. The molecule has 100 valence electrons. The van der Waals surface area contributed by atoms with Crippen molar-refractivity contribution in [2.45, 2.75) is 20.4 Å². The molecule has 0 saturated heterocycles. The predicted octanol–water partition coefficient (Wildman–Crippen LogP) is 4.65. The van der Waals surface area contributed by atoms with Crippen LogP contribution in [0.3, 0.4) is 0 Å². The van der Waals surface area contributed by atoms with Gasteiger partial charge in [-0.15, -0.1) is 0 Å². The number of nitrogens with zero attached hydrogens (tertiary/aromatic N) is 1. The SMILES string of the molecule is Cc1cc(Br)cc(C)c1NCc1ccc([N+](=O)[O-])s1. The van der Waals surface area contributed by atoms with Crippen molar-refractivity contribution in [2.24, 2.45) is 0 Å². The Kier molecular flexibility index (Phi) is 4.21. The number of thiophene rings is 1. The summed E-state index contributed by atoms with van der Waals surface area (Å²) in [6.45, 7) is 4.68. The molecule has 0 spiro atoms. The van der Waals surface area contributed by atoms with Crippen molar-refractivity contribution in [3.63, 3.8) is 0 Å². The van der Waals surface area contributed by atoms with E-state index in [0.717, 1.165) is 26.2 Å². The molecule has 0 radical (unpaired) electrons. The molecule has 19 heavy (non-hydrogen) atoms. The Morgan fingerprint density at radius 2 is 1.95 bits per heavy atom. The highest BCUT2D eigenvalue weighted by atomic mass is 79.9. The molecule has 4 nitrogen and oxygen atoms in total. The molecule has 0 atom stereocenters. The van der Waals surface area contributed by atoms with Crippen molar-refractivity contribution in [1.29, 1.82) is 0 Å². The Bertz CT molecular complexity index is 602. The molecule has 2 aromatic rings. The molecule has 1 aromatic carbocycles. The van der Waals surface area contributed by atoms with Crippen LogP contribution in [0.15, 0.2) is 28.7 Å². The van der Waals surface area contributed by atoms with E-state index < -0.39 is 0 Å². The lowest BCUT2D eigenvalue weighted by atomic mass is 10.1. The van der Waals surface area contributed by atoms with Gasteiger partial charge in [-0.25, -0.2) is 0 Å². The third-order valence-electron chi connectivity index (χ3n) is 2.76. The van der Waals surface area contributed by atoms with E-state index in [9.17, 15) is 10.1 Å². The van der Waals surface area contributed by atoms with Crippen molar-refractivity contribution in [1.82, 2.24) is 0 Å². The summed E-state index contributed by atoms with van der Waals surface area (Å²) in [6, 6.07) is 7.43. The molecule has 0 aliphatic rings. The molecule has 0 bridgehead atoms. The van der Waals surface area contributed by atoms with E-state index in [1.165, 1.54) is 11.3 Å². The van der Waals surface area contributed by atoms with Gasteiger partial charge in [0.25, 0.3) is 0 Å². The maximum Gasteiger partial charge on any atom is 0.324 e. The molecule has 0 aliphatic heterocycles. The van der Waals surface area contributed by atoms with Crippen LogP contribution in [-0.2, 0) is 6.54 Å². The van der Waals surface area contributed by atoms with Crippen molar-refractivity contribution >= 4 is 38.0 Å². The van der Waals surface area contributed by atoms with E-state index in [4.69, 9.17) is 0 Å². The van der Waals surface area contributed by atoms with Gasteiger partial charge >= 0.3 is 5.00 Å². The topological polar surface area (TPSA) is 55.2 Å². The first-order valence-electron chi connectivity index (χ1n) is 5.71. The van der Waals surface area contributed by atoms with Crippen LogP contribution in [0.5, 0.6) is 0 Å². The number of anilines is 1. The summed E-state index contributed by atoms with van der Waals surface area (Å²) in [5, 5.41) is 14.2. The highest BCUT2D eigenvalue weighted by Gasteiger charge is 2.10. The minimum atomic E-state index is -0.357. The number of aryl methyl sites for hydroxylation is 2. The van der Waals surface area contributed by atoms with Crippen molar-refractivity contribution < 1.29 is 4.92 Å². The fourth-order valence-electron chi connectivity index (χ4n) is 1.92. The molecular weight excluding hydrogens is 328 g/mol. The van der Waals surface area contributed by atoms with Crippen LogP contribution in [0.25, 0.3) is 0 Å². The molecule has 0 aliphatic carbocycles. The third kappa shape index (κ3) is 3.33. The third-order valence-corrected chi connectivity index (χ3v) is 4.26. The highest BCUT2D eigenvalue weighted by Crippen LogP contribution is 2.28. The average molecular weight is 341 g/mol. The molecule has 0 fully saturated rings. The van der Waals surface area contributed by atoms with E-state index in [2.05, 4.69) is 21.2 Å². The molecule has 1 aromatic heterocycles. The largest absolute Gasteiger partial charge is 0.380 e. The standard InChI is InChI=1S/C13H13BrN2O2S/c1-8-5-10(14)6-9(2)13(8)15-7-11-3-4-12(19-11)16(17)18/h3-6,15H,7H2,1-2H3. The van der Waals surface area contributed by atoms with Crippen LogP contribution in [0.4, 0.5) is 10.7 Å². The van der Waals surface area contributed by atoms with Gasteiger partial charge in [0.15, 0.2) is 0 Å². The number of hydrogen-bond acceptors (Lipinski definition) is 4. The van der Waals surface area contributed by atoms with E-state index in [1.54, 1.807) is 12.1 Å². The highest BCUT2D eigenvalue weighted by molar-refractivity contribution is 9.10. The van der Waals surface area contributed by atoms with Gasteiger partial charge in [-0.2, -0.15) is 0 Å². The number of nitrogens with one attached hydrogen (secondary N) is 1.